The number of anilines is 1. The molecule has 0 spiro atoms. The number of fused-ring (bicyclic) bond motifs is 3. The van der Waals surface area contributed by atoms with Crippen LogP contribution in [0.25, 0.3) is 16.0 Å². The van der Waals surface area contributed by atoms with E-state index in [9.17, 15) is 4.79 Å². The first-order valence-electron chi connectivity index (χ1n) is 9.16. The van der Waals surface area contributed by atoms with Gasteiger partial charge in [0.1, 0.15) is 0 Å². The molecule has 1 aliphatic carbocycles. The molecule has 134 valence electrons. The van der Waals surface area contributed by atoms with Gasteiger partial charge in [-0.25, -0.2) is 4.85 Å². The van der Waals surface area contributed by atoms with Crippen molar-refractivity contribution in [2.24, 2.45) is 0 Å². The Morgan fingerprint density at radius 2 is 1.85 bits per heavy atom. The first-order chi connectivity index (χ1) is 12.2. The van der Waals surface area contributed by atoms with E-state index in [2.05, 4.69) is 21.6 Å². The number of carbonyl (C=O) groups excluding carboxylic acids is 1. The minimum Gasteiger partial charge on any atom is -0.373 e. The van der Waals surface area contributed by atoms with Gasteiger partial charge in [0, 0.05) is 5.69 Å². The summed E-state index contributed by atoms with van der Waals surface area (Å²) in [6, 6.07) is 2.22. The van der Waals surface area contributed by atoms with Gasteiger partial charge in [-0.3, -0.25) is 4.79 Å². The fourth-order valence-electron chi connectivity index (χ4n) is 4.71. The lowest BCUT2D eigenvalue weighted by atomic mass is 9.68. The maximum absolute atomic E-state index is 13.1. The zero-order valence-corrected chi connectivity index (χ0v) is 16.9. The van der Waals surface area contributed by atoms with E-state index in [1.165, 1.54) is 33.7 Å². The second-order valence-corrected chi connectivity index (χ2v) is 9.41. The fraction of sp³-hybridized carbons (Fsp3) is 0.455. The van der Waals surface area contributed by atoms with Crippen LogP contribution in [0.5, 0.6) is 0 Å². The molecule has 0 atom stereocenters. The first-order valence-corrected chi connectivity index (χ1v) is 10.0. The lowest BCUT2D eigenvalue weighted by molar-refractivity contribution is -0.127. The van der Waals surface area contributed by atoms with E-state index in [4.69, 9.17) is 6.57 Å². The van der Waals surface area contributed by atoms with Gasteiger partial charge in [-0.1, -0.05) is 0 Å². The third-order valence-electron chi connectivity index (χ3n) is 6.05. The highest BCUT2D eigenvalue weighted by Crippen LogP contribution is 2.49. The molecule has 4 rings (SSSR count). The zero-order chi connectivity index (χ0) is 18.9. The minimum absolute atomic E-state index is 0.227. The number of rotatable bonds is 1. The second kappa shape index (κ2) is 5.44. The normalized spacial score (nSPS) is 19.5. The van der Waals surface area contributed by atoms with Crippen molar-refractivity contribution in [2.45, 2.75) is 64.8 Å². The van der Waals surface area contributed by atoms with Crippen LogP contribution >= 0.6 is 11.3 Å². The quantitative estimate of drug-likeness (QED) is 0.647. The molecule has 0 radical (unpaired) electrons. The highest BCUT2D eigenvalue weighted by Gasteiger charge is 2.47. The molecule has 0 amide bonds. The smallest absolute Gasteiger partial charge is 0.244 e. The predicted molar refractivity (Wildman–Crippen MR) is 109 cm³/mol. The van der Waals surface area contributed by atoms with Crippen LogP contribution in [0.15, 0.2) is 11.4 Å². The Balaban J connectivity index is 2.03. The molecule has 26 heavy (non-hydrogen) atoms. The van der Waals surface area contributed by atoms with Crippen molar-refractivity contribution >= 4 is 27.8 Å². The van der Waals surface area contributed by atoms with Crippen LogP contribution in [0.2, 0.25) is 0 Å². The van der Waals surface area contributed by atoms with E-state index in [1.54, 1.807) is 0 Å². The molecule has 1 N–H and O–H groups in total. The van der Waals surface area contributed by atoms with Crippen LogP contribution in [0.4, 0.5) is 10.7 Å². The average molecular weight is 365 g/mol. The second-order valence-electron chi connectivity index (χ2n) is 8.55. The van der Waals surface area contributed by atoms with Crippen LogP contribution in [-0.2, 0) is 23.1 Å². The monoisotopic (exact) mass is 364 g/mol. The standard InChI is InChI=1S/C22H24N2OS/c1-12-16(11-26-19(12)23-6)15-10-17-18(14-9-7-8-13(14)15)24-22(4,5)20(25)21(17,2)3/h10-11,24H,7-9H2,1-5H3. The van der Waals surface area contributed by atoms with Crippen LogP contribution in [0, 0.1) is 13.5 Å². The van der Waals surface area contributed by atoms with Crippen molar-refractivity contribution in [3.8, 4) is 11.1 Å². The molecule has 1 aliphatic heterocycles. The lowest BCUT2D eigenvalue weighted by Gasteiger charge is -2.43. The number of ketones is 1. The summed E-state index contributed by atoms with van der Waals surface area (Å²) >= 11 is 1.52. The van der Waals surface area contributed by atoms with Crippen molar-refractivity contribution in [1.82, 2.24) is 0 Å². The molecule has 0 saturated heterocycles. The molecule has 0 unspecified atom stereocenters. The third-order valence-corrected chi connectivity index (χ3v) is 7.03. The van der Waals surface area contributed by atoms with Gasteiger partial charge in [-0.2, -0.15) is 11.3 Å². The SMILES string of the molecule is [C-]#[N+]c1scc(-c2cc3c(c4c2CCC4)NC(C)(C)C(=O)C3(C)C)c1C. The van der Waals surface area contributed by atoms with Crippen molar-refractivity contribution in [2.75, 3.05) is 5.32 Å². The molecule has 3 nitrogen and oxygen atoms in total. The molecule has 0 saturated carbocycles. The van der Waals surface area contributed by atoms with Crippen LogP contribution < -0.4 is 5.32 Å². The van der Waals surface area contributed by atoms with Gasteiger partial charge >= 0.3 is 0 Å². The lowest BCUT2D eigenvalue weighted by Crippen LogP contribution is -2.53. The molecule has 2 aromatic rings. The summed E-state index contributed by atoms with van der Waals surface area (Å²) in [5.41, 5.74) is 7.43. The number of hydrogen-bond acceptors (Lipinski definition) is 3. The van der Waals surface area contributed by atoms with Crippen molar-refractivity contribution in [3.63, 3.8) is 0 Å². The number of nitrogens with one attached hydrogen (secondary N) is 1. The maximum atomic E-state index is 13.1. The van der Waals surface area contributed by atoms with E-state index in [1.807, 2.05) is 34.6 Å². The summed E-state index contributed by atoms with van der Waals surface area (Å²) in [6.07, 6.45) is 3.27. The van der Waals surface area contributed by atoms with Gasteiger partial charge in [-0.05, 0) is 98.7 Å². The summed E-state index contributed by atoms with van der Waals surface area (Å²) in [4.78, 5) is 16.8. The van der Waals surface area contributed by atoms with E-state index in [0.717, 1.165) is 41.0 Å². The molecule has 0 bridgehead atoms. The van der Waals surface area contributed by atoms with E-state index in [0.29, 0.717) is 0 Å². The molecule has 1 aromatic heterocycles. The van der Waals surface area contributed by atoms with Gasteiger partial charge in [0.25, 0.3) is 0 Å². The number of carbonyl (C=O) groups is 1. The van der Waals surface area contributed by atoms with Gasteiger partial charge in [0.15, 0.2) is 5.78 Å². The number of Topliss-reactive ketones (excluding diaryl/α,β-unsaturated/α-hetero) is 1. The van der Waals surface area contributed by atoms with Crippen molar-refractivity contribution in [3.05, 3.63) is 45.1 Å². The fourth-order valence-corrected chi connectivity index (χ4v) is 5.59. The van der Waals surface area contributed by atoms with E-state index < -0.39 is 11.0 Å². The molecular weight excluding hydrogens is 340 g/mol. The Labute approximate surface area is 159 Å². The molecule has 1 aromatic carbocycles. The summed E-state index contributed by atoms with van der Waals surface area (Å²) in [5.74, 6) is 0.227. The van der Waals surface area contributed by atoms with Crippen molar-refractivity contribution in [1.29, 1.82) is 0 Å². The molecule has 4 heteroatoms. The minimum atomic E-state index is -0.552. The van der Waals surface area contributed by atoms with E-state index >= 15 is 0 Å². The third kappa shape index (κ3) is 2.20. The summed E-state index contributed by atoms with van der Waals surface area (Å²) in [7, 11) is 0. The Morgan fingerprint density at radius 3 is 2.50 bits per heavy atom. The summed E-state index contributed by atoms with van der Waals surface area (Å²) in [6.45, 7) is 17.5. The number of nitrogens with zero attached hydrogens (tertiary/aromatic N) is 1. The Kier molecular flexibility index (Phi) is 3.62. The highest BCUT2D eigenvalue weighted by atomic mass is 32.1. The Hall–Kier alpha value is -2.12. The Bertz CT molecular complexity index is 989. The van der Waals surface area contributed by atoms with Gasteiger partial charge in [0.05, 0.1) is 17.5 Å². The Morgan fingerprint density at radius 1 is 1.15 bits per heavy atom. The molecule has 0 fully saturated rings. The largest absolute Gasteiger partial charge is 0.373 e. The number of hydrogen-bond donors (Lipinski definition) is 1. The zero-order valence-electron chi connectivity index (χ0n) is 16.0. The highest BCUT2D eigenvalue weighted by molar-refractivity contribution is 7.15. The van der Waals surface area contributed by atoms with E-state index in [-0.39, 0.29) is 5.78 Å². The summed E-state index contributed by atoms with van der Waals surface area (Å²) < 4.78 is 0. The maximum Gasteiger partial charge on any atom is 0.244 e. The van der Waals surface area contributed by atoms with Crippen molar-refractivity contribution < 1.29 is 4.79 Å². The molecular formula is C22H24N2OS. The number of benzene rings is 1. The van der Waals surface area contributed by atoms with Gasteiger partial charge < -0.3 is 5.32 Å². The van der Waals surface area contributed by atoms with Crippen LogP contribution in [0.1, 0.15) is 56.4 Å². The van der Waals surface area contributed by atoms with Crippen LogP contribution in [0.3, 0.4) is 0 Å². The number of thiophene rings is 1. The first kappa shape index (κ1) is 17.3. The molecule has 2 heterocycles. The summed E-state index contributed by atoms with van der Waals surface area (Å²) in [5, 5.41) is 6.43. The molecule has 2 aliphatic rings. The topological polar surface area (TPSA) is 33.5 Å². The van der Waals surface area contributed by atoms with Gasteiger partial charge in [-0.15, -0.1) is 0 Å². The van der Waals surface area contributed by atoms with Crippen LogP contribution in [-0.4, -0.2) is 11.3 Å². The average Bonchev–Trinajstić information content (AvgIpc) is 3.20. The van der Waals surface area contributed by atoms with Gasteiger partial charge in [0.2, 0.25) is 5.00 Å². The predicted octanol–water partition coefficient (Wildman–Crippen LogP) is 5.81.